The monoisotopic (exact) mass is 506 g/mol. The molecule has 0 atom stereocenters. The van der Waals surface area contributed by atoms with Crippen LogP contribution in [-0.2, 0) is 10.0 Å². The zero-order valence-corrected chi connectivity index (χ0v) is 19.0. The number of β-amino-alcohol motifs (C(OH)–C–C–N with tert-alkyl or cyclic N) is 1. The number of sulfonamides is 1. The van der Waals surface area contributed by atoms with Gasteiger partial charge in [0.2, 0.25) is 0 Å². The van der Waals surface area contributed by atoms with E-state index in [9.17, 15) is 17.9 Å². The SMILES string of the molecule is O=S(=O)(Nc1nccs1)c1cc(Br)c(NCCCCCCC2(O)CNC2)cc1F. The van der Waals surface area contributed by atoms with Crippen molar-refractivity contribution in [1.82, 2.24) is 10.3 Å². The van der Waals surface area contributed by atoms with Crippen molar-refractivity contribution in [2.75, 3.05) is 29.7 Å². The summed E-state index contributed by atoms with van der Waals surface area (Å²) in [7, 11) is -4.06. The molecule has 2 aromatic rings. The lowest BCUT2D eigenvalue weighted by atomic mass is 9.90. The van der Waals surface area contributed by atoms with Crippen LogP contribution in [0.1, 0.15) is 32.1 Å². The fourth-order valence-corrected chi connectivity index (χ4v) is 5.57. The average Bonchev–Trinajstić information content (AvgIpc) is 3.13. The molecule has 1 aromatic carbocycles. The number of hydrogen-bond acceptors (Lipinski definition) is 7. The lowest BCUT2D eigenvalue weighted by molar-refractivity contribution is -0.0191. The van der Waals surface area contributed by atoms with E-state index < -0.39 is 26.3 Å². The fraction of sp³-hybridized carbons (Fsp3) is 0.500. The molecule has 0 spiro atoms. The Morgan fingerprint density at radius 1 is 1.28 bits per heavy atom. The van der Waals surface area contributed by atoms with Crippen molar-refractivity contribution in [3.8, 4) is 0 Å². The standard InChI is InChI=1S/C18H24BrFN4O3S2/c19-13-9-16(29(26,27)24-17-23-7-8-28-17)14(20)10-15(13)22-6-4-2-1-3-5-18(25)11-21-12-18/h7-10,21-22,25H,1-6,11-12H2,(H,23,24). The first-order valence-corrected chi connectivity index (χ1v) is 12.5. The Kier molecular flexibility index (Phi) is 7.49. The van der Waals surface area contributed by atoms with Crippen LogP contribution in [0.25, 0.3) is 0 Å². The molecule has 0 amide bonds. The number of anilines is 2. The predicted octanol–water partition coefficient (Wildman–Crippen LogP) is 3.54. The molecule has 160 valence electrons. The number of aromatic nitrogens is 1. The number of nitrogens with zero attached hydrogens (tertiary/aromatic N) is 1. The second-order valence-corrected chi connectivity index (χ2v) is 10.5. The van der Waals surface area contributed by atoms with Gasteiger partial charge in [-0.05, 0) is 40.9 Å². The van der Waals surface area contributed by atoms with Crippen LogP contribution in [0.5, 0.6) is 0 Å². The number of unbranched alkanes of at least 4 members (excludes halogenated alkanes) is 3. The van der Waals surface area contributed by atoms with E-state index >= 15 is 0 Å². The van der Waals surface area contributed by atoms with Crippen LogP contribution in [0.4, 0.5) is 15.2 Å². The number of benzene rings is 1. The van der Waals surface area contributed by atoms with Gasteiger partial charge in [-0.3, -0.25) is 4.72 Å². The van der Waals surface area contributed by atoms with Crippen LogP contribution in [-0.4, -0.2) is 43.7 Å². The fourth-order valence-electron chi connectivity index (χ4n) is 3.06. The van der Waals surface area contributed by atoms with Crippen molar-refractivity contribution in [1.29, 1.82) is 0 Å². The molecule has 1 aliphatic heterocycles. The molecule has 0 unspecified atom stereocenters. The third-order valence-corrected chi connectivity index (χ3v) is 7.59. The zero-order valence-electron chi connectivity index (χ0n) is 15.7. The highest BCUT2D eigenvalue weighted by atomic mass is 79.9. The van der Waals surface area contributed by atoms with Gasteiger partial charge in [0.05, 0.1) is 11.3 Å². The van der Waals surface area contributed by atoms with Gasteiger partial charge in [-0.1, -0.05) is 19.3 Å². The summed E-state index contributed by atoms with van der Waals surface area (Å²) in [5.74, 6) is -0.831. The molecule has 3 rings (SSSR count). The molecule has 29 heavy (non-hydrogen) atoms. The van der Waals surface area contributed by atoms with Gasteiger partial charge in [-0.15, -0.1) is 11.3 Å². The van der Waals surface area contributed by atoms with Gasteiger partial charge in [-0.2, -0.15) is 0 Å². The minimum absolute atomic E-state index is 0.184. The van der Waals surface area contributed by atoms with E-state index in [0.29, 0.717) is 29.8 Å². The van der Waals surface area contributed by atoms with Crippen molar-refractivity contribution in [3.63, 3.8) is 0 Å². The van der Waals surface area contributed by atoms with Gasteiger partial charge in [-0.25, -0.2) is 17.8 Å². The smallest absolute Gasteiger partial charge is 0.266 e. The Balaban J connectivity index is 1.47. The van der Waals surface area contributed by atoms with Crippen LogP contribution in [0.3, 0.4) is 0 Å². The molecule has 1 aromatic heterocycles. The third kappa shape index (κ3) is 6.11. The molecule has 4 N–H and O–H groups in total. The highest BCUT2D eigenvalue weighted by Gasteiger charge is 2.33. The molecule has 0 bridgehead atoms. The maximum atomic E-state index is 14.5. The first-order valence-electron chi connectivity index (χ1n) is 9.37. The van der Waals surface area contributed by atoms with E-state index in [0.717, 1.165) is 43.4 Å². The van der Waals surface area contributed by atoms with E-state index in [1.807, 2.05) is 0 Å². The molecule has 1 fully saturated rings. The molecule has 11 heteroatoms. The van der Waals surface area contributed by atoms with E-state index in [1.165, 1.54) is 18.3 Å². The van der Waals surface area contributed by atoms with Gasteiger partial charge in [0, 0.05) is 35.7 Å². The highest BCUT2D eigenvalue weighted by molar-refractivity contribution is 9.10. The summed E-state index contributed by atoms with van der Waals surface area (Å²) in [4.78, 5) is 3.42. The molecule has 0 aliphatic carbocycles. The molecule has 7 nitrogen and oxygen atoms in total. The van der Waals surface area contributed by atoms with Gasteiger partial charge in [0.15, 0.2) is 5.13 Å². The Bertz CT molecular complexity index is 921. The topological polar surface area (TPSA) is 103 Å². The summed E-state index contributed by atoms with van der Waals surface area (Å²) in [6, 6.07) is 2.43. The normalized spacial score (nSPS) is 15.7. The third-order valence-electron chi connectivity index (χ3n) is 4.76. The van der Waals surface area contributed by atoms with E-state index in [-0.39, 0.29) is 5.13 Å². The highest BCUT2D eigenvalue weighted by Crippen LogP contribution is 2.30. The van der Waals surface area contributed by atoms with Crippen molar-refractivity contribution < 1.29 is 17.9 Å². The maximum Gasteiger partial charge on any atom is 0.266 e. The summed E-state index contributed by atoms with van der Waals surface area (Å²) in [5, 5.41) is 18.0. The lowest BCUT2D eigenvalue weighted by Gasteiger charge is -2.37. The maximum absolute atomic E-state index is 14.5. The molecule has 0 radical (unpaired) electrons. The van der Waals surface area contributed by atoms with Crippen molar-refractivity contribution in [2.24, 2.45) is 0 Å². The first-order chi connectivity index (χ1) is 13.8. The van der Waals surface area contributed by atoms with Gasteiger partial charge in [0.1, 0.15) is 10.7 Å². The molecule has 2 heterocycles. The average molecular weight is 507 g/mol. The quantitative estimate of drug-likeness (QED) is 0.347. The van der Waals surface area contributed by atoms with Gasteiger partial charge >= 0.3 is 0 Å². The molecular weight excluding hydrogens is 483 g/mol. The Labute approximate surface area is 182 Å². The second-order valence-electron chi connectivity index (χ2n) is 7.12. The van der Waals surface area contributed by atoms with Crippen LogP contribution >= 0.6 is 27.3 Å². The molecule has 0 saturated carbocycles. The largest absolute Gasteiger partial charge is 0.387 e. The number of rotatable bonds is 11. The van der Waals surface area contributed by atoms with E-state index in [2.05, 4.69) is 36.3 Å². The summed E-state index contributed by atoms with van der Waals surface area (Å²) >= 11 is 4.43. The molecule has 1 saturated heterocycles. The summed E-state index contributed by atoms with van der Waals surface area (Å²) in [5.41, 5.74) is -0.0116. The van der Waals surface area contributed by atoms with Gasteiger partial charge in [0.25, 0.3) is 10.0 Å². The van der Waals surface area contributed by atoms with E-state index in [1.54, 1.807) is 5.38 Å². The number of hydrogen-bond donors (Lipinski definition) is 4. The Morgan fingerprint density at radius 2 is 2.03 bits per heavy atom. The van der Waals surface area contributed by atoms with Crippen molar-refractivity contribution >= 4 is 48.1 Å². The number of aliphatic hydroxyl groups is 1. The Hall–Kier alpha value is -1.27. The lowest BCUT2D eigenvalue weighted by Crippen LogP contribution is -2.59. The second kappa shape index (κ2) is 9.69. The van der Waals surface area contributed by atoms with Crippen LogP contribution in [0, 0.1) is 5.82 Å². The summed E-state index contributed by atoms with van der Waals surface area (Å²) in [6.07, 6.45) is 6.19. The van der Waals surface area contributed by atoms with Crippen LogP contribution in [0.2, 0.25) is 0 Å². The van der Waals surface area contributed by atoms with Gasteiger partial charge < -0.3 is 15.7 Å². The van der Waals surface area contributed by atoms with Crippen LogP contribution < -0.4 is 15.4 Å². The number of halogens is 2. The molecule has 1 aliphatic rings. The minimum Gasteiger partial charge on any atom is -0.387 e. The summed E-state index contributed by atoms with van der Waals surface area (Å²) in [6.45, 7) is 2.01. The zero-order chi connectivity index (χ0) is 20.9. The number of thiazole rings is 1. The van der Waals surface area contributed by atoms with E-state index in [4.69, 9.17) is 0 Å². The van der Waals surface area contributed by atoms with Crippen molar-refractivity contribution in [3.05, 3.63) is 34.0 Å². The predicted molar refractivity (Wildman–Crippen MR) is 116 cm³/mol. The van der Waals surface area contributed by atoms with Crippen LogP contribution in [0.15, 0.2) is 33.1 Å². The molecular formula is C18H24BrFN4O3S2. The van der Waals surface area contributed by atoms with Crippen molar-refractivity contribution in [2.45, 2.75) is 42.6 Å². The minimum atomic E-state index is -4.06. The summed E-state index contributed by atoms with van der Waals surface area (Å²) < 4.78 is 42.0. The number of nitrogens with one attached hydrogen (secondary N) is 3. The Morgan fingerprint density at radius 3 is 2.69 bits per heavy atom. The first kappa shape index (κ1) is 22.4.